The third-order valence-electron chi connectivity index (χ3n) is 3.18. The second-order valence-corrected chi connectivity index (χ2v) is 12.5. The second-order valence-electron chi connectivity index (χ2n) is 6.99. The van der Waals surface area contributed by atoms with Gasteiger partial charge in [0, 0.05) is 14.1 Å². The van der Waals surface area contributed by atoms with E-state index in [-0.39, 0.29) is 5.82 Å². The van der Waals surface area contributed by atoms with Crippen molar-refractivity contribution in [2.24, 2.45) is 5.92 Å². The predicted octanol–water partition coefficient (Wildman–Crippen LogP) is 4.32. The average Bonchev–Trinajstić information content (AvgIpc) is 2.27. The summed E-state index contributed by atoms with van der Waals surface area (Å²) in [5, 5.41) is 3.51. The van der Waals surface area contributed by atoms with Crippen LogP contribution in [0.3, 0.4) is 0 Å². The third kappa shape index (κ3) is 6.88. The monoisotopic (exact) mass is 281 g/mol. The van der Waals surface area contributed by atoms with Gasteiger partial charge in [-0.15, -0.1) is 0 Å². The molecule has 0 radical (unpaired) electrons. The molecule has 1 rings (SSSR count). The minimum Gasteiger partial charge on any atom is -0.314 e. The van der Waals surface area contributed by atoms with Crippen LogP contribution in [-0.4, -0.2) is 20.7 Å². The van der Waals surface area contributed by atoms with Gasteiger partial charge >= 0.3 is 0 Å². The van der Waals surface area contributed by atoms with Crippen molar-refractivity contribution in [2.45, 2.75) is 52.0 Å². The number of hydrogen-bond acceptors (Lipinski definition) is 1. The Morgan fingerprint density at radius 1 is 1.16 bits per heavy atom. The molecule has 0 aliphatic heterocycles. The van der Waals surface area contributed by atoms with Gasteiger partial charge in [-0.05, 0) is 30.5 Å². The molecule has 0 bridgehead atoms. The highest BCUT2D eigenvalue weighted by molar-refractivity contribution is 6.76. The molecule has 1 aromatic rings. The van der Waals surface area contributed by atoms with E-state index in [2.05, 4.69) is 38.8 Å². The first-order valence-electron chi connectivity index (χ1n) is 7.25. The van der Waals surface area contributed by atoms with E-state index in [1.54, 1.807) is 12.1 Å². The van der Waals surface area contributed by atoms with Crippen LogP contribution in [0.1, 0.15) is 19.4 Å². The standard InChI is InChI=1S/C16H28FNSi/c1-13(2)18-11-14(12-19(3,4)5)10-15-8-6-7-9-16(15)17/h6-9,13-14,18H,10-12H2,1-5H3. The van der Waals surface area contributed by atoms with E-state index in [1.165, 1.54) is 6.04 Å². The van der Waals surface area contributed by atoms with Crippen molar-refractivity contribution in [2.75, 3.05) is 6.54 Å². The number of nitrogens with one attached hydrogen (secondary N) is 1. The van der Waals surface area contributed by atoms with Gasteiger partial charge in [0.1, 0.15) is 5.82 Å². The van der Waals surface area contributed by atoms with E-state index < -0.39 is 8.07 Å². The molecule has 108 valence electrons. The molecule has 0 spiro atoms. The lowest BCUT2D eigenvalue weighted by Crippen LogP contribution is -2.34. The number of hydrogen-bond donors (Lipinski definition) is 1. The van der Waals surface area contributed by atoms with Crippen LogP contribution in [0.25, 0.3) is 0 Å². The van der Waals surface area contributed by atoms with Crippen LogP contribution in [0.5, 0.6) is 0 Å². The molecule has 1 atom stereocenters. The van der Waals surface area contributed by atoms with E-state index in [9.17, 15) is 4.39 Å². The Morgan fingerprint density at radius 3 is 2.32 bits per heavy atom. The predicted molar refractivity (Wildman–Crippen MR) is 84.9 cm³/mol. The molecule has 0 amide bonds. The van der Waals surface area contributed by atoms with Crippen molar-refractivity contribution >= 4 is 8.07 Å². The van der Waals surface area contributed by atoms with Crippen LogP contribution in [-0.2, 0) is 6.42 Å². The maximum absolute atomic E-state index is 13.8. The summed E-state index contributed by atoms with van der Waals surface area (Å²) in [7, 11) is -1.13. The average molecular weight is 281 g/mol. The molecular formula is C16H28FNSi. The molecule has 1 aromatic carbocycles. The highest BCUT2D eigenvalue weighted by Crippen LogP contribution is 2.22. The largest absolute Gasteiger partial charge is 0.314 e. The number of rotatable bonds is 7. The summed E-state index contributed by atoms with van der Waals surface area (Å²) >= 11 is 0. The fourth-order valence-electron chi connectivity index (χ4n) is 2.46. The molecule has 0 heterocycles. The third-order valence-corrected chi connectivity index (χ3v) is 4.98. The molecule has 0 aliphatic rings. The number of halogens is 1. The van der Waals surface area contributed by atoms with Crippen LogP contribution < -0.4 is 5.32 Å². The lowest BCUT2D eigenvalue weighted by atomic mass is 10.00. The molecule has 1 unspecified atom stereocenters. The Balaban J connectivity index is 2.70. The SMILES string of the molecule is CC(C)NCC(Cc1ccccc1F)C[Si](C)(C)C. The Kier molecular flexibility index (Phi) is 6.21. The van der Waals surface area contributed by atoms with Crippen molar-refractivity contribution in [3.63, 3.8) is 0 Å². The van der Waals surface area contributed by atoms with Gasteiger partial charge in [-0.1, -0.05) is 57.7 Å². The molecule has 1 N–H and O–H groups in total. The maximum atomic E-state index is 13.8. The second kappa shape index (κ2) is 7.20. The zero-order valence-electron chi connectivity index (χ0n) is 13.0. The van der Waals surface area contributed by atoms with Gasteiger partial charge in [0.15, 0.2) is 0 Å². The lowest BCUT2D eigenvalue weighted by Gasteiger charge is -2.26. The van der Waals surface area contributed by atoms with E-state index >= 15 is 0 Å². The zero-order valence-corrected chi connectivity index (χ0v) is 14.0. The lowest BCUT2D eigenvalue weighted by molar-refractivity contribution is 0.464. The van der Waals surface area contributed by atoms with Gasteiger partial charge in [0.2, 0.25) is 0 Å². The fraction of sp³-hybridized carbons (Fsp3) is 0.625. The fourth-order valence-corrected chi connectivity index (χ4v) is 4.48. The summed E-state index contributed by atoms with van der Waals surface area (Å²) in [5.41, 5.74) is 0.858. The van der Waals surface area contributed by atoms with Gasteiger partial charge in [-0.2, -0.15) is 0 Å². The normalized spacial score (nSPS) is 13.8. The molecule has 0 fully saturated rings. The Morgan fingerprint density at radius 2 is 1.79 bits per heavy atom. The van der Waals surface area contributed by atoms with Crippen LogP contribution in [0, 0.1) is 11.7 Å². The molecular weight excluding hydrogens is 253 g/mol. The van der Waals surface area contributed by atoms with Crippen LogP contribution in [0.2, 0.25) is 25.7 Å². The van der Waals surface area contributed by atoms with E-state index in [0.29, 0.717) is 12.0 Å². The highest BCUT2D eigenvalue weighted by Gasteiger charge is 2.21. The Hall–Kier alpha value is -0.673. The summed E-state index contributed by atoms with van der Waals surface area (Å²) in [6.07, 6.45) is 0.844. The van der Waals surface area contributed by atoms with Crippen molar-refractivity contribution in [1.82, 2.24) is 5.32 Å². The van der Waals surface area contributed by atoms with E-state index in [1.807, 2.05) is 12.1 Å². The van der Waals surface area contributed by atoms with Gasteiger partial charge < -0.3 is 5.32 Å². The van der Waals surface area contributed by atoms with Crippen molar-refractivity contribution in [3.05, 3.63) is 35.6 Å². The zero-order chi connectivity index (χ0) is 14.5. The summed E-state index contributed by atoms with van der Waals surface area (Å²) in [4.78, 5) is 0. The first-order valence-corrected chi connectivity index (χ1v) is 11.0. The van der Waals surface area contributed by atoms with Gasteiger partial charge in [-0.25, -0.2) is 4.39 Å². The Labute approximate surface area is 118 Å². The summed E-state index contributed by atoms with van der Waals surface area (Å²) in [6, 6.07) is 8.91. The molecule has 3 heteroatoms. The van der Waals surface area contributed by atoms with Crippen molar-refractivity contribution < 1.29 is 4.39 Å². The maximum Gasteiger partial charge on any atom is 0.126 e. The summed E-state index contributed by atoms with van der Waals surface area (Å²) < 4.78 is 13.8. The van der Waals surface area contributed by atoms with Gasteiger partial charge in [0.25, 0.3) is 0 Å². The molecule has 0 aromatic heterocycles. The quantitative estimate of drug-likeness (QED) is 0.734. The number of benzene rings is 1. The molecule has 19 heavy (non-hydrogen) atoms. The van der Waals surface area contributed by atoms with Crippen LogP contribution in [0.4, 0.5) is 4.39 Å². The highest BCUT2D eigenvalue weighted by atomic mass is 28.3. The van der Waals surface area contributed by atoms with Crippen LogP contribution >= 0.6 is 0 Å². The summed E-state index contributed by atoms with van der Waals surface area (Å²) in [5.74, 6) is 0.471. The molecule has 1 nitrogen and oxygen atoms in total. The van der Waals surface area contributed by atoms with Gasteiger partial charge in [-0.3, -0.25) is 0 Å². The first-order chi connectivity index (χ1) is 8.78. The molecule has 0 saturated carbocycles. The summed E-state index contributed by atoms with van der Waals surface area (Å²) in [6.45, 7) is 12.5. The first kappa shape index (κ1) is 16.4. The van der Waals surface area contributed by atoms with Gasteiger partial charge in [0.05, 0.1) is 0 Å². The van der Waals surface area contributed by atoms with Crippen LogP contribution in [0.15, 0.2) is 24.3 Å². The topological polar surface area (TPSA) is 12.0 Å². The molecule has 0 saturated heterocycles. The van der Waals surface area contributed by atoms with Crippen molar-refractivity contribution in [1.29, 1.82) is 0 Å². The van der Waals surface area contributed by atoms with E-state index in [0.717, 1.165) is 18.5 Å². The Bertz CT molecular complexity index is 385. The van der Waals surface area contributed by atoms with Crippen molar-refractivity contribution in [3.8, 4) is 0 Å². The van der Waals surface area contributed by atoms with E-state index in [4.69, 9.17) is 0 Å². The smallest absolute Gasteiger partial charge is 0.126 e. The molecule has 0 aliphatic carbocycles. The minimum atomic E-state index is -1.13. The minimum absolute atomic E-state index is 0.0624.